The molecule has 1 aliphatic rings. The van der Waals surface area contributed by atoms with E-state index < -0.39 is 0 Å². The van der Waals surface area contributed by atoms with Gasteiger partial charge in [-0.3, -0.25) is 9.48 Å². The number of aromatic nitrogens is 2. The molecule has 4 rings (SSSR count). The number of ether oxygens (including phenoxy) is 2. The molecule has 0 bridgehead atoms. The average Bonchev–Trinajstić information content (AvgIpc) is 3.35. The SMILES string of the molecule is Cc1nn(CC(C)C)c(C)c1CC(=O)N(Cc1cccs1)c1ccc2c(c1)OCCO2. The predicted octanol–water partition coefficient (Wildman–Crippen LogP) is 4.76. The fourth-order valence-electron chi connectivity index (χ4n) is 3.84. The molecule has 164 valence electrons. The second kappa shape index (κ2) is 9.14. The highest BCUT2D eigenvalue weighted by molar-refractivity contribution is 7.09. The number of anilines is 1. The third-order valence-corrected chi connectivity index (χ3v) is 6.29. The van der Waals surface area contributed by atoms with Crippen molar-refractivity contribution in [3.05, 3.63) is 57.5 Å². The van der Waals surface area contributed by atoms with E-state index in [2.05, 4.69) is 31.9 Å². The smallest absolute Gasteiger partial charge is 0.231 e. The van der Waals surface area contributed by atoms with Crippen molar-refractivity contribution < 1.29 is 14.3 Å². The molecule has 7 heteroatoms. The monoisotopic (exact) mass is 439 g/mol. The molecular weight excluding hydrogens is 410 g/mol. The maximum absolute atomic E-state index is 13.6. The van der Waals surface area contributed by atoms with Crippen molar-refractivity contribution >= 4 is 22.9 Å². The third kappa shape index (κ3) is 4.77. The number of thiophene rings is 1. The number of nitrogens with zero attached hydrogens (tertiary/aromatic N) is 3. The number of fused-ring (bicyclic) bond motifs is 1. The Morgan fingerprint density at radius 3 is 2.68 bits per heavy atom. The topological polar surface area (TPSA) is 56.6 Å². The van der Waals surface area contributed by atoms with Crippen LogP contribution in [0, 0.1) is 19.8 Å². The Bertz CT molecular complexity index is 1060. The van der Waals surface area contributed by atoms with E-state index in [0.29, 0.717) is 37.8 Å². The Labute approximate surface area is 187 Å². The van der Waals surface area contributed by atoms with Gasteiger partial charge in [0.25, 0.3) is 0 Å². The highest BCUT2D eigenvalue weighted by Crippen LogP contribution is 2.35. The minimum absolute atomic E-state index is 0.0420. The summed E-state index contributed by atoms with van der Waals surface area (Å²) in [5.41, 5.74) is 3.81. The predicted molar refractivity (Wildman–Crippen MR) is 123 cm³/mol. The normalized spacial score (nSPS) is 12.9. The molecule has 6 nitrogen and oxygen atoms in total. The zero-order chi connectivity index (χ0) is 22.0. The number of hydrogen-bond donors (Lipinski definition) is 0. The molecule has 1 aromatic carbocycles. The van der Waals surface area contributed by atoms with E-state index in [0.717, 1.165) is 39.8 Å². The molecule has 0 spiro atoms. The molecule has 3 heterocycles. The summed E-state index contributed by atoms with van der Waals surface area (Å²) in [6.07, 6.45) is 0.315. The van der Waals surface area contributed by atoms with Crippen LogP contribution in [0.15, 0.2) is 35.7 Å². The first-order chi connectivity index (χ1) is 14.9. The molecule has 0 unspecified atom stereocenters. The van der Waals surface area contributed by atoms with Crippen molar-refractivity contribution in [3.63, 3.8) is 0 Å². The summed E-state index contributed by atoms with van der Waals surface area (Å²) < 4.78 is 13.4. The van der Waals surface area contributed by atoms with E-state index in [1.807, 2.05) is 46.2 Å². The second-order valence-electron chi connectivity index (χ2n) is 8.29. The first-order valence-electron chi connectivity index (χ1n) is 10.7. The molecule has 2 aromatic heterocycles. The van der Waals surface area contributed by atoms with E-state index in [4.69, 9.17) is 9.47 Å². The molecule has 31 heavy (non-hydrogen) atoms. The lowest BCUT2D eigenvalue weighted by atomic mass is 10.1. The van der Waals surface area contributed by atoms with E-state index >= 15 is 0 Å². The molecule has 0 radical (unpaired) electrons. The lowest BCUT2D eigenvalue weighted by Crippen LogP contribution is -2.32. The van der Waals surface area contributed by atoms with Crippen LogP contribution in [-0.2, 0) is 24.3 Å². The van der Waals surface area contributed by atoms with E-state index in [9.17, 15) is 4.79 Å². The average molecular weight is 440 g/mol. The van der Waals surface area contributed by atoms with Crippen LogP contribution < -0.4 is 14.4 Å². The van der Waals surface area contributed by atoms with Crippen LogP contribution in [0.1, 0.15) is 35.7 Å². The standard InChI is InChI=1S/C24H29N3O3S/c1-16(2)14-27-18(4)21(17(3)25-27)13-24(28)26(15-20-6-5-11-31-20)19-7-8-22-23(12-19)30-10-9-29-22/h5-8,11-12,16H,9-10,13-15H2,1-4H3. The second-order valence-corrected chi connectivity index (χ2v) is 9.32. The Hall–Kier alpha value is -2.80. The number of aryl methyl sites for hydroxylation is 1. The number of rotatable bonds is 7. The number of carbonyl (C=O) groups is 1. The van der Waals surface area contributed by atoms with Crippen molar-refractivity contribution in [3.8, 4) is 11.5 Å². The molecule has 0 fully saturated rings. The molecule has 0 atom stereocenters. The van der Waals surface area contributed by atoms with Crippen molar-refractivity contribution in [1.29, 1.82) is 0 Å². The third-order valence-electron chi connectivity index (χ3n) is 5.43. The van der Waals surface area contributed by atoms with Gasteiger partial charge < -0.3 is 14.4 Å². The van der Waals surface area contributed by atoms with Gasteiger partial charge in [0.1, 0.15) is 13.2 Å². The van der Waals surface area contributed by atoms with Gasteiger partial charge >= 0.3 is 0 Å². The summed E-state index contributed by atoms with van der Waals surface area (Å²) >= 11 is 1.65. The summed E-state index contributed by atoms with van der Waals surface area (Å²) in [6.45, 7) is 10.8. The molecule has 0 saturated heterocycles. The number of amides is 1. The lowest BCUT2D eigenvalue weighted by molar-refractivity contribution is -0.118. The van der Waals surface area contributed by atoms with Gasteiger partial charge in [0, 0.05) is 34.4 Å². The zero-order valence-electron chi connectivity index (χ0n) is 18.6. The minimum Gasteiger partial charge on any atom is -0.486 e. The van der Waals surface area contributed by atoms with Gasteiger partial charge in [0.15, 0.2) is 11.5 Å². The summed E-state index contributed by atoms with van der Waals surface area (Å²) in [5.74, 6) is 1.94. The highest BCUT2D eigenvalue weighted by Gasteiger charge is 2.23. The van der Waals surface area contributed by atoms with E-state index in [-0.39, 0.29) is 5.91 Å². The van der Waals surface area contributed by atoms with Crippen LogP contribution in [0.2, 0.25) is 0 Å². The van der Waals surface area contributed by atoms with Gasteiger partial charge in [-0.25, -0.2) is 0 Å². The largest absolute Gasteiger partial charge is 0.486 e. The maximum atomic E-state index is 13.6. The van der Waals surface area contributed by atoms with Crippen LogP contribution in [0.3, 0.4) is 0 Å². The zero-order valence-corrected chi connectivity index (χ0v) is 19.4. The van der Waals surface area contributed by atoms with Gasteiger partial charge in [-0.05, 0) is 43.3 Å². The number of carbonyl (C=O) groups excluding carboxylic acids is 1. The Kier molecular flexibility index (Phi) is 6.32. The van der Waals surface area contributed by atoms with Crippen LogP contribution in [0.25, 0.3) is 0 Å². The first kappa shape index (κ1) is 21.4. The Balaban J connectivity index is 1.63. The molecule has 0 aliphatic carbocycles. The first-order valence-corrected chi connectivity index (χ1v) is 11.6. The maximum Gasteiger partial charge on any atom is 0.231 e. The quantitative estimate of drug-likeness (QED) is 0.532. The minimum atomic E-state index is 0.0420. The highest BCUT2D eigenvalue weighted by atomic mass is 32.1. The molecule has 1 aliphatic heterocycles. The molecule has 1 amide bonds. The van der Waals surface area contributed by atoms with Crippen LogP contribution >= 0.6 is 11.3 Å². The van der Waals surface area contributed by atoms with Crippen molar-refractivity contribution in [2.45, 2.75) is 47.2 Å². The van der Waals surface area contributed by atoms with Crippen molar-refractivity contribution in [2.24, 2.45) is 5.92 Å². The molecule has 0 N–H and O–H groups in total. The fraction of sp³-hybridized carbons (Fsp3) is 0.417. The van der Waals surface area contributed by atoms with Gasteiger partial charge in [-0.1, -0.05) is 19.9 Å². The van der Waals surface area contributed by atoms with Crippen molar-refractivity contribution in [2.75, 3.05) is 18.1 Å². The number of benzene rings is 1. The van der Waals surface area contributed by atoms with Gasteiger partial charge in [-0.15, -0.1) is 11.3 Å². The molecule has 3 aromatic rings. The summed E-state index contributed by atoms with van der Waals surface area (Å²) in [4.78, 5) is 16.5. The Morgan fingerprint density at radius 1 is 1.19 bits per heavy atom. The van der Waals surface area contributed by atoms with Gasteiger partial charge in [0.2, 0.25) is 5.91 Å². The molecular formula is C24H29N3O3S. The fourth-order valence-corrected chi connectivity index (χ4v) is 4.53. The van der Waals surface area contributed by atoms with E-state index in [1.54, 1.807) is 11.3 Å². The summed E-state index contributed by atoms with van der Waals surface area (Å²) in [5, 5.41) is 6.71. The van der Waals surface area contributed by atoms with Gasteiger partial charge in [0.05, 0.1) is 18.7 Å². The van der Waals surface area contributed by atoms with Crippen LogP contribution in [0.4, 0.5) is 5.69 Å². The Morgan fingerprint density at radius 2 is 1.97 bits per heavy atom. The van der Waals surface area contributed by atoms with Gasteiger partial charge in [-0.2, -0.15) is 5.10 Å². The van der Waals surface area contributed by atoms with Crippen molar-refractivity contribution in [1.82, 2.24) is 9.78 Å². The van der Waals surface area contributed by atoms with E-state index in [1.165, 1.54) is 0 Å². The van der Waals surface area contributed by atoms with Crippen LogP contribution in [-0.4, -0.2) is 28.9 Å². The summed E-state index contributed by atoms with van der Waals surface area (Å²) in [6, 6.07) is 9.79. The van der Waals surface area contributed by atoms with Crippen LogP contribution in [0.5, 0.6) is 11.5 Å². The molecule has 0 saturated carbocycles. The number of hydrogen-bond acceptors (Lipinski definition) is 5. The summed E-state index contributed by atoms with van der Waals surface area (Å²) in [7, 11) is 0. The lowest BCUT2D eigenvalue weighted by Gasteiger charge is -2.25.